The van der Waals surface area contributed by atoms with E-state index in [1.807, 2.05) is 0 Å². The van der Waals surface area contributed by atoms with Crippen LogP contribution >= 0.6 is 0 Å². The van der Waals surface area contributed by atoms with E-state index in [2.05, 4.69) is 0 Å². The Balaban J connectivity index is 2.83. The Morgan fingerprint density at radius 2 is 1.94 bits per heavy atom. The molecule has 0 aliphatic rings. The Morgan fingerprint density at radius 3 is 2.47 bits per heavy atom. The van der Waals surface area contributed by atoms with Crippen LogP contribution in [-0.4, -0.2) is 30.1 Å². The van der Waals surface area contributed by atoms with Crippen molar-refractivity contribution in [3.8, 4) is 0 Å². The molecule has 0 unspecified atom stereocenters. The minimum Gasteiger partial charge on any atom is -0.480 e. The lowest BCUT2D eigenvalue weighted by molar-refractivity contribution is -0.138. The van der Waals surface area contributed by atoms with Gasteiger partial charge in [-0.15, -0.1) is 0 Å². The van der Waals surface area contributed by atoms with Crippen LogP contribution in [0.15, 0.2) is 24.3 Å². The highest BCUT2D eigenvalue weighted by Gasteiger charge is 2.13. The third kappa shape index (κ3) is 4.94. The molecule has 94 valence electrons. The van der Waals surface area contributed by atoms with E-state index >= 15 is 0 Å². The summed E-state index contributed by atoms with van der Waals surface area (Å²) in [5.74, 6) is -1.62. The average Bonchev–Trinajstić information content (AvgIpc) is 2.15. The van der Waals surface area contributed by atoms with Crippen molar-refractivity contribution in [3.05, 3.63) is 35.4 Å². The van der Waals surface area contributed by atoms with Crippen LogP contribution in [0, 0.1) is 0 Å². The summed E-state index contributed by atoms with van der Waals surface area (Å²) >= 11 is 0. The molecule has 1 aromatic rings. The van der Waals surface area contributed by atoms with Gasteiger partial charge in [0.25, 0.3) is 10.1 Å². The van der Waals surface area contributed by atoms with Crippen LogP contribution < -0.4 is 5.73 Å². The fraction of sp³-hybridized carbons (Fsp3) is 0.300. The molecular weight excluding hydrogens is 246 g/mol. The van der Waals surface area contributed by atoms with Gasteiger partial charge in [-0.05, 0) is 17.5 Å². The Bertz CT molecular complexity index is 511. The molecule has 0 spiro atoms. The summed E-state index contributed by atoms with van der Waals surface area (Å²) in [4.78, 5) is 10.6. The molecule has 0 aliphatic carbocycles. The Labute approximate surface area is 98.8 Å². The van der Waals surface area contributed by atoms with Crippen molar-refractivity contribution in [2.45, 2.75) is 18.2 Å². The first kappa shape index (κ1) is 13.6. The van der Waals surface area contributed by atoms with Gasteiger partial charge >= 0.3 is 5.97 Å². The maximum absolute atomic E-state index is 10.7. The molecule has 0 fully saturated rings. The third-order valence-electron chi connectivity index (χ3n) is 2.11. The molecule has 6 nitrogen and oxygen atoms in total. The predicted molar refractivity (Wildman–Crippen MR) is 61.0 cm³/mol. The van der Waals surface area contributed by atoms with E-state index in [1.165, 1.54) is 12.1 Å². The van der Waals surface area contributed by atoms with Gasteiger partial charge in [0, 0.05) is 0 Å². The lowest BCUT2D eigenvalue weighted by Gasteiger charge is -2.07. The molecule has 7 heteroatoms. The van der Waals surface area contributed by atoms with E-state index in [0.717, 1.165) is 0 Å². The smallest absolute Gasteiger partial charge is 0.320 e. The zero-order chi connectivity index (χ0) is 13.1. The number of carboxylic acid groups (broad SMARTS) is 1. The molecule has 0 bridgehead atoms. The van der Waals surface area contributed by atoms with Crippen molar-refractivity contribution in [2.24, 2.45) is 5.73 Å². The van der Waals surface area contributed by atoms with E-state index < -0.39 is 27.9 Å². The first-order chi connectivity index (χ1) is 7.78. The maximum Gasteiger partial charge on any atom is 0.320 e. The molecule has 1 atom stereocenters. The molecule has 0 heterocycles. The molecule has 0 saturated carbocycles. The van der Waals surface area contributed by atoms with Gasteiger partial charge in [0.1, 0.15) is 11.8 Å². The molecule has 0 aromatic heterocycles. The number of rotatable bonds is 5. The van der Waals surface area contributed by atoms with Gasteiger partial charge in [-0.3, -0.25) is 9.35 Å². The normalized spacial score (nSPS) is 13.3. The number of benzene rings is 1. The standard InChI is InChI=1S/C10H13NO5S/c11-9(10(12)13)5-7-2-1-3-8(4-7)6-17(14,15)16/h1-4,9H,5-6,11H2,(H,12,13)(H,14,15,16)/t9-/m0/s1. The van der Waals surface area contributed by atoms with Gasteiger partial charge in [-0.25, -0.2) is 0 Å². The minimum atomic E-state index is -4.09. The summed E-state index contributed by atoms with van der Waals surface area (Å²) in [7, 11) is -4.09. The van der Waals surface area contributed by atoms with Crippen LogP contribution in [-0.2, 0) is 27.1 Å². The average molecular weight is 259 g/mol. The first-order valence-electron chi connectivity index (χ1n) is 4.79. The largest absolute Gasteiger partial charge is 0.480 e. The molecular formula is C10H13NO5S. The molecule has 0 amide bonds. The van der Waals surface area contributed by atoms with Crippen molar-refractivity contribution in [3.63, 3.8) is 0 Å². The van der Waals surface area contributed by atoms with E-state index in [0.29, 0.717) is 11.1 Å². The van der Waals surface area contributed by atoms with E-state index in [-0.39, 0.29) is 6.42 Å². The molecule has 17 heavy (non-hydrogen) atoms. The summed E-state index contributed by atoms with van der Waals surface area (Å²) in [6.07, 6.45) is 0.106. The monoisotopic (exact) mass is 259 g/mol. The van der Waals surface area contributed by atoms with Crippen LogP contribution in [0.3, 0.4) is 0 Å². The molecule has 4 N–H and O–H groups in total. The van der Waals surface area contributed by atoms with Gasteiger partial charge in [0.05, 0.1) is 0 Å². The second-order valence-corrected chi connectivity index (χ2v) is 5.15. The maximum atomic E-state index is 10.7. The number of hydrogen-bond donors (Lipinski definition) is 3. The van der Waals surface area contributed by atoms with Crippen molar-refractivity contribution in [1.82, 2.24) is 0 Å². The van der Waals surface area contributed by atoms with Crippen LogP contribution in [0.2, 0.25) is 0 Å². The van der Waals surface area contributed by atoms with Gasteiger partial charge in [0.15, 0.2) is 0 Å². The van der Waals surface area contributed by atoms with Gasteiger partial charge in [-0.2, -0.15) is 8.42 Å². The van der Waals surface area contributed by atoms with Crippen LogP contribution in [0.25, 0.3) is 0 Å². The fourth-order valence-corrected chi connectivity index (χ4v) is 2.00. The second-order valence-electron chi connectivity index (χ2n) is 3.70. The van der Waals surface area contributed by atoms with Crippen molar-refractivity contribution >= 4 is 16.1 Å². The Hall–Kier alpha value is -1.44. The minimum absolute atomic E-state index is 0.106. The highest BCUT2D eigenvalue weighted by atomic mass is 32.2. The predicted octanol–water partition coefficient (Wildman–Crippen LogP) is 0.0288. The van der Waals surface area contributed by atoms with E-state index in [4.69, 9.17) is 15.4 Å². The van der Waals surface area contributed by atoms with E-state index in [9.17, 15) is 13.2 Å². The van der Waals surface area contributed by atoms with E-state index in [1.54, 1.807) is 12.1 Å². The zero-order valence-electron chi connectivity index (χ0n) is 8.91. The zero-order valence-corrected chi connectivity index (χ0v) is 9.72. The van der Waals surface area contributed by atoms with Crippen LogP contribution in [0.5, 0.6) is 0 Å². The quantitative estimate of drug-likeness (QED) is 0.642. The van der Waals surface area contributed by atoms with Crippen LogP contribution in [0.4, 0.5) is 0 Å². The van der Waals surface area contributed by atoms with Crippen molar-refractivity contribution < 1.29 is 22.9 Å². The highest BCUT2D eigenvalue weighted by Crippen LogP contribution is 2.10. The summed E-state index contributed by atoms with van der Waals surface area (Å²) < 4.78 is 30.0. The van der Waals surface area contributed by atoms with Gasteiger partial charge in [-0.1, -0.05) is 24.3 Å². The topological polar surface area (TPSA) is 118 Å². The molecule has 0 aliphatic heterocycles. The van der Waals surface area contributed by atoms with Crippen molar-refractivity contribution in [1.29, 1.82) is 0 Å². The number of hydrogen-bond acceptors (Lipinski definition) is 4. The number of nitrogens with two attached hydrogens (primary N) is 1. The van der Waals surface area contributed by atoms with Gasteiger partial charge < -0.3 is 10.8 Å². The summed E-state index contributed by atoms with van der Waals surface area (Å²) in [6.45, 7) is 0. The third-order valence-corrected chi connectivity index (χ3v) is 2.81. The SMILES string of the molecule is N[C@@H](Cc1cccc(CS(=O)(=O)O)c1)C(=O)O. The molecule has 0 saturated heterocycles. The summed E-state index contributed by atoms with van der Waals surface area (Å²) in [5.41, 5.74) is 6.36. The summed E-state index contributed by atoms with van der Waals surface area (Å²) in [6, 6.07) is 5.25. The highest BCUT2D eigenvalue weighted by molar-refractivity contribution is 7.85. The van der Waals surface area contributed by atoms with Crippen molar-refractivity contribution in [2.75, 3.05) is 0 Å². The first-order valence-corrected chi connectivity index (χ1v) is 6.40. The Morgan fingerprint density at radius 1 is 1.35 bits per heavy atom. The Kier molecular flexibility index (Phi) is 4.22. The lowest BCUT2D eigenvalue weighted by Crippen LogP contribution is -2.32. The van der Waals surface area contributed by atoms with Gasteiger partial charge in [0.2, 0.25) is 0 Å². The lowest BCUT2D eigenvalue weighted by atomic mass is 10.0. The molecule has 0 radical (unpaired) electrons. The second kappa shape index (κ2) is 5.26. The fourth-order valence-electron chi connectivity index (χ4n) is 1.40. The molecule has 1 aromatic carbocycles. The molecule has 1 rings (SSSR count). The summed E-state index contributed by atoms with van der Waals surface area (Å²) in [5, 5.41) is 8.64. The van der Waals surface area contributed by atoms with Crippen LogP contribution in [0.1, 0.15) is 11.1 Å². The number of aliphatic carboxylic acids is 1. The number of carbonyl (C=O) groups is 1. The number of carboxylic acids is 1.